The third kappa shape index (κ3) is 6.05. The van der Waals surface area contributed by atoms with Gasteiger partial charge in [-0.15, -0.1) is 0 Å². The summed E-state index contributed by atoms with van der Waals surface area (Å²) in [6.45, 7) is 5.67. The molecule has 7 heteroatoms. The molecule has 0 bridgehead atoms. The third-order valence-corrected chi connectivity index (χ3v) is 3.68. The van der Waals surface area contributed by atoms with Crippen molar-refractivity contribution in [2.75, 3.05) is 51.9 Å². The fourth-order valence-electron chi connectivity index (χ4n) is 2.20. The molecule has 0 amide bonds. The van der Waals surface area contributed by atoms with Crippen LogP contribution in [0.3, 0.4) is 0 Å². The van der Waals surface area contributed by atoms with Gasteiger partial charge in [0.2, 0.25) is 0 Å². The number of nitrogens with zero attached hydrogens (tertiary/aromatic N) is 1. The van der Waals surface area contributed by atoms with Crippen molar-refractivity contribution in [1.82, 2.24) is 15.6 Å². The number of nitrogens with one attached hydrogen (secondary N) is 3. The number of methoxy groups -OCH3 is 1. The Morgan fingerprint density at radius 2 is 2.18 bits per heavy atom. The molecule has 0 aliphatic carbocycles. The average molecular weight is 324 g/mol. The predicted molar refractivity (Wildman–Crippen MR) is 92.2 cm³/mol. The first-order valence-corrected chi connectivity index (χ1v) is 7.93. The van der Waals surface area contributed by atoms with Gasteiger partial charge in [-0.05, 0) is 37.3 Å². The quantitative estimate of drug-likeness (QED) is 0.396. The number of benzene rings is 1. The molecular weight excluding hydrogens is 300 g/mol. The lowest BCUT2D eigenvalue weighted by molar-refractivity contribution is 0.0376. The van der Waals surface area contributed by atoms with Gasteiger partial charge in [0.15, 0.2) is 5.11 Å². The molecule has 1 aliphatic rings. The Labute approximate surface area is 137 Å². The van der Waals surface area contributed by atoms with Gasteiger partial charge in [0.1, 0.15) is 5.75 Å². The molecule has 0 atom stereocenters. The summed E-state index contributed by atoms with van der Waals surface area (Å²) in [5, 5.41) is 3.78. The van der Waals surface area contributed by atoms with Crippen molar-refractivity contribution in [2.24, 2.45) is 0 Å². The number of morpholine rings is 1. The highest BCUT2D eigenvalue weighted by atomic mass is 32.1. The summed E-state index contributed by atoms with van der Waals surface area (Å²) in [6, 6.07) is 7.65. The van der Waals surface area contributed by atoms with Gasteiger partial charge >= 0.3 is 0 Å². The van der Waals surface area contributed by atoms with Crippen LogP contribution >= 0.6 is 12.2 Å². The molecule has 1 aromatic carbocycles. The van der Waals surface area contributed by atoms with Crippen LogP contribution in [0.25, 0.3) is 0 Å². The summed E-state index contributed by atoms with van der Waals surface area (Å²) in [5.74, 6) is 0.802. The highest BCUT2D eigenvalue weighted by Crippen LogP contribution is 2.15. The van der Waals surface area contributed by atoms with Crippen molar-refractivity contribution < 1.29 is 9.47 Å². The Bertz CT molecular complexity index is 467. The predicted octanol–water partition coefficient (Wildman–Crippen LogP) is 1.21. The Morgan fingerprint density at radius 3 is 2.95 bits per heavy atom. The molecule has 22 heavy (non-hydrogen) atoms. The molecule has 122 valence electrons. The zero-order chi connectivity index (χ0) is 15.6. The first-order chi connectivity index (χ1) is 10.8. The van der Waals surface area contributed by atoms with Gasteiger partial charge in [-0.3, -0.25) is 15.8 Å². The van der Waals surface area contributed by atoms with Gasteiger partial charge in [0.05, 0.1) is 26.0 Å². The zero-order valence-corrected chi connectivity index (χ0v) is 13.7. The van der Waals surface area contributed by atoms with Gasteiger partial charge < -0.3 is 14.8 Å². The molecule has 0 saturated carbocycles. The zero-order valence-electron chi connectivity index (χ0n) is 12.9. The Kier molecular flexibility index (Phi) is 7.21. The number of hydrogen-bond donors (Lipinski definition) is 3. The van der Waals surface area contributed by atoms with E-state index in [1.165, 1.54) is 0 Å². The van der Waals surface area contributed by atoms with Crippen LogP contribution in [0.1, 0.15) is 6.42 Å². The van der Waals surface area contributed by atoms with E-state index in [-0.39, 0.29) is 0 Å². The second kappa shape index (κ2) is 9.45. The monoisotopic (exact) mass is 324 g/mol. The van der Waals surface area contributed by atoms with E-state index in [9.17, 15) is 0 Å². The molecule has 1 aliphatic heterocycles. The lowest BCUT2D eigenvalue weighted by Gasteiger charge is -2.26. The first-order valence-electron chi connectivity index (χ1n) is 7.52. The van der Waals surface area contributed by atoms with E-state index in [4.69, 9.17) is 21.7 Å². The minimum absolute atomic E-state index is 0.588. The first kappa shape index (κ1) is 16.8. The molecule has 0 radical (unpaired) electrons. The average Bonchev–Trinajstić information content (AvgIpc) is 2.58. The van der Waals surface area contributed by atoms with Crippen LogP contribution < -0.4 is 20.9 Å². The summed E-state index contributed by atoms with van der Waals surface area (Å²) >= 11 is 5.23. The van der Waals surface area contributed by atoms with Crippen LogP contribution in [0.5, 0.6) is 5.75 Å². The molecule has 0 unspecified atom stereocenters. The lowest BCUT2D eigenvalue weighted by atomic mass is 10.3. The van der Waals surface area contributed by atoms with Gasteiger partial charge in [0.25, 0.3) is 0 Å². The number of thiocarbonyl (C=S) groups is 1. The standard InChI is InChI=1S/C15H24N4O2S/c1-20-14-5-2-4-13(12-14)17-18-15(22)16-6-3-7-19-8-10-21-11-9-19/h2,4-5,12,17H,3,6-11H2,1H3,(H2,16,18,22). The number of anilines is 1. The maximum atomic E-state index is 5.33. The Balaban J connectivity index is 1.57. The van der Waals surface area contributed by atoms with Crippen molar-refractivity contribution in [3.63, 3.8) is 0 Å². The molecule has 0 spiro atoms. The molecule has 2 rings (SSSR count). The van der Waals surface area contributed by atoms with Crippen LogP contribution in [0.2, 0.25) is 0 Å². The number of ether oxygens (including phenoxy) is 2. The minimum atomic E-state index is 0.588. The van der Waals surface area contributed by atoms with E-state index in [1.807, 2.05) is 24.3 Å². The maximum absolute atomic E-state index is 5.33. The van der Waals surface area contributed by atoms with Crippen LogP contribution in [-0.4, -0.2) is 56.5 Å². The molecule has 1 fully saturated rings. The smallest absolute Gasteiger partial charge is 0.185 e. The number of hydrogen-bond acceptors (Lipinski definition) is 5. The van der Waals surface area contributed by atoms with Crippen molar-refractivity contribution in [2.45, 2.75) is 6.42 Å². The van der Waals surface area contributed by atoms with E-state index in [1.54, 1.807) is 7.11 Å². The molecule has 1 aromatic rings. The molecule has 1 heterocycles. The van der Waals surface area contributed by atoms with Gasteiger partial charge in [-0.25, -0.2) is 0 Å². The fraction of sp³-hybridized carbons (Fsp3) is 0.533. The van der Waals surface area contributed by atoms with Crippen molar-refractivity contribution >= 4 is 23.0 Å². The van der Waals surface area contributed by atoms with E-state index in [0.717, 1.165) is 57.3 Å². The fourth-order valence-corrected chi connectivity index (χ4v) is 2.36. The van der Waals surface area contributed by atoms with E-state index in [0.29, 0.717) is 5.11 Å². The topological polar surface area (TPSA) is 57.8 Å². The molecule has 6 nitrogen and oxygen atoms in total. The Hall–Kier alpha value is -1.57. The third-order valence-electron chi connectivity index (χ3n) is 3.43. The van der Waals surface area contributed by atoms with Crippen LogP contribution in [0.15, 0.2) is 24.3 Å². The van der Waals surface area contributed by atoms with Crippen LogP contribution in [-0.2, 0) is 4.74 Å². The summed E-state index contributed by atoms with van der Waals surface area (Å²) in [4.78, 5) is 2.41. The highest BCUT2D eigenvalue weighted by molar-refractivity contribution is 7.80. The lowest BCUT2D eigenvalue weighted by Crippen LogP contribution is -2.41. The van der Waals surface area contributed by atoms with E-state index >= 15 is 0 Å². The van der Waals surface area contributed by atoms with Crippen molar-refractivity contribution in [3.05, 3.63) is 24.3 Å². The molecule has 0 aromatic heterocycles. The second-order valence-corrected chi connectivity index (χ2v) is 5.45. The molecule has 1 saturated heterocycles. The second-order valence-electron chi connectivity index (χ2n) is 5.05. The largest absolute Gasteiger partial charge is 0.497 e. The summed E-state index contributed by atoms with van der Waals surface area (Å²) < 4.78 is 10.5. The Morgan fingerprint density at radius 1 is 1.36 bits per heavy atom. The van der Waals surface area contributed by atoms with Gasteiger partial charge in [0, 0.05) is 25.7 Å². The van der Waals surface area contributed by atoms with Crippen molar-refractivity contribution in [3.8, 4) is 5.75 Å². The highest BCUT2D eigenvalue weighted by Gasteiger charge is 2.09. The van der Waals surface area contributed by atoms with E-state index in [2.05, 4.69) is 21.1 Å². The van der Waals surface area contributed by atoms with Gasteiger partial charge in [-0.2, -0.15) is 0 Å². The van der Waals surface area contributed by atoms with Crippen LogP contribution in [0.4, 0.5) is 5.69 Å². The minimum Gasteiger partial charge on any atom is -0.497 e. The molecule has 3 N–H and O–H groups in total. The van der Waals surface area contributed by atoms with E-state index < -0.39 is 0 Å². The van der Waals surface area contributed by atoms with Crippen molar-refractivity contribution in [1.29, 1.82) is 0 Å². The van der Waals surface area contributed by atoms with Gasteiger partial charge in [-0.1, -0.05) is 6.07 Å². The summed E-state index contributed by atoms with van der Waals surface area (Å²) in [7, 11) is 1.65. The molecular formula is C15H24N4O2S. The summed E-state index contributed by atoms with van der Waals surface area (Å²) in [6.07, 6.45) is 1.06. The number of rotatable bonds is 7. The SMILES string of the molecule is COc1cccc(NNC(=S)NCCCN2CCOCC2)c1. The maximum Gasteiger partial charge on any atom is 0.185 e. The number of hydrazine groups is 1. The van der Waals surface area contributed by atoms with Crippen LogP contribution in [0, 0.1) is 0 Å². The normalized spacial score (nSPS) is 15.1. The summed E-state index contributed by atoms with van der Waals surface area (Å²) in [5.41, 5.74) is 6.92.